The first-order valence-corrected chi connectivity index (χ1v) is 10.7. The highest BCUT2D eigenvalue weighted by Crippen LogP contribution is 2.27. The van der Waals surface area contributed by atoms with Crippen LogP contribution < -0.4 is 4.74 Å². The van der Waals surface area contributed by atoms with Gasteiger partial charge in [-0.05, 0) is 24.5 Å². The largest absolute Gasteiger partial charge is 0.487 e. The van der Waals surface area contributed by atoms with Crippen LogP contribution in [0.4, 0.5) is 10.1 Å². The number of aliphatic hydroxyl groups is 1. The first kappa shape index (κ1) is 21.2. The molecule has 0 amide bonds. The van der Waals surface area contributed by atoms with Crippen molar-refractivity contribution in [2.75, 3.05) is 18.8 Å². The molecule has 10 heteroatoms. The molecule has 3 rings (SSSR count). The number of sulfonamides is 1. The Balaban J connectivity index is 1.56. The average Bonchev–Trinajstić information content (AvgIpc) is 2.70. The van der Waals surface area contributed by atoms with Crippen molar-refractivity contribution in [1.29, 1.82) is 0 Å². The zero-order chi connectivity index (χ0) is 21.0. The average molecular weight is 424 g/mol. The Bertz CT molecular complexity index is 962. The van der Waals surface area contributed by atoms with E-state index in [9.17, 15) is 28.0 Å². The number of hydrogen-bond acceptors (Lipinski definition) is 6. The number of halogens is 1. The van der Waals surface area contributed by atoms with E-state index >= 15 is 0 Å². The van der Waals surface area contributed by atoms with E-state index in [1.54, 1.807) is 30.3 Å². The molecule has 2 aromatic carbocycles. The van der Waals surface area contributed by atoms with E-state index in [1.807, 2.05) is 0 Å². The van der Waals surface area contributed by atoms with Crippen LogP contribution in [0.2, 0.25) is 0 Å². The number of aliphatic hydroxyl groups excluding tert-OH is 1. The van der Waals surface area contributed by atoms with E-state index < -0.39 is 38.7 Å². The summed E-state index contributed by atoms with van der Waals surface area (Å²) in [4.78, 5) is 9.97. The zero-order valence-corrected chi connectivity index (χ0v) is 16.3. The molecular weight excluding hydrogens is 403 g/mol. The first-order valence-electron chi connectivity index (χ1n) is 9.07. The molecule has 1 aliphatic heterocycles. The van der Waals surface area contributed by atoms with Gasteiger partial charge < -0.3 is 9.84 Å². The molecule has 1 N–H and O–H groups in total. The van der Waals surface area contributed by atoms with E-state index in [0.29, 0.717) is 18.4 Å². The lowest BCUT2D eigenvalue weighted by Gasteiger charge is -2.32. The van der Waals surface area contributed by atoms with E-state index in [1.165, 1.54) is 10.4 Å². The molecule has 1 aliphatic rings. The lowest BCUT2D eigenvalue weighted by atomic mass is 10.1. The number of hydrogen-bond donors (Lipinski definition) is 1. The number of piperidine rings is 1. The third-order valence-electron chi connectivity index (χ3n) is 4.77. The second-order valence-corrected chi connectivity index (χ2v) is 8.81. The Morgan fingerprint density at radius 1 is 1.21 bits per heavy atom. The molecule has 0 bridgehead atoms. The molecule has 2 aromatic rings. The first-order chi connectivity index (χ1) is 13.8. The zero-order valence-electron chi connectivity index (χ0n) is 15.5. The maximum atomic E-state index is 14.0. The molecule has 0 radical (unpaired) electrons. The van der Waals surface area contributed by atoms with Crippen LogP contribution >= 0.6 is 0 Å². The van der Waals surface area contributed by atoms with Gasteiger partial charge in [0, 0.05) is 19.2 Å². The molecule has 8 nitrogen and oxygen atoms in total. The SMILES string of the molecule is O=[N+]([O-])c1ccc(OC2CCN(S(=O)(=O)C[C@H](O)c3ccccc3)CC2)c(F)c1. The fraction of sp³-hybridized carbons (Fsp3) is 0.368. The minimum absolute atomic E-state index is 0.101. The highest BCUT2D eigenvalue weighted by molar-refractivity contribution is 7.89. The van der Waals surface area contributed by atoms with Crippen molar-refractivity contribution in [3.8, 4) is 5.75 Å². The van der Waals surface area contributed by atoms with Crippen LogP contribution in [0.15, 0.2) is 48.5 Å². The fourth-order valence-corrected chi connectivity index (χ4v) is 4.75. The maximum Gasteiger partial charge on any atom is 0.272 e. The number of non-ortho nitro benzene ring substituents is 1. The summed E-state index contributed by atoms with van der Waals surface area (Å²) in [6, 6.07) is 11.7. The monoisotopic (exact) mass is 424 g/mol. The molecule has 156 valence electrons. The maximum absolute atomic E-state index is 14.0. The van der Waals surface area contributed by atoms with E-state index in [0.717, 1.165) is 12.1 Å². The molecule has 1 saturated heterocycles. The van der Waals surface area contributed by atoms with Gasteiger partial charge in [-0.2, -0.15) is 0 Å². The van der Waals surface area contributed by atoms with Crippen molar-refractivity contribution in [3.05, 3.63) is 70.0 Å². The van der Waals surface area contributed by atoms with Gasteiger partial charge in [0.05, 0.1) is 22.8 Å². The second kappa shape index (κ2) is 8.85. The number of nitro benzene ring substituents is 1. The predicted molar refractivity (Wildman–Crippen MR) is 103 cm³/mol. The summed E-state index contributed by atoms with van der Waals surface area (Å²) < 4.78 is 46.0. The third-order valence-corrected chi connectivity index (χ3v) is 6.66. The van der Waals surface area contributed by atoms with Gasteiger partial charge in [-0.1, -0.05) is 30.3 Å². The number of benzene rings is 2. The van der Waals surface area contributed by atoms with Gasteiger partial charge in [-0.3, -0.25) is 10.1 Å². The van der Waals surface area contributed by atoms with E-state index in [-0.39, 0.29) is 24.5 Å². The quantitative estimate of drug-likeness (QED) is 0.540. The summed E-state index contributed by atoms with van der Waals surface area (Å²) in [6.07, 6.45) is -0.838. The number of nitrogens with zero attached hydrogens (tertiary/aromatic N) is 2. The minimum Gasteiger partial charge on any atom is -0.487 e. The molecule has 29 heavy (non-hydrogen) atoms. The summed E-state index contributed by atoms with van der Waals surface area (Å²) in [5, 5.41) is 20.9. The third kappa shape index (κ3) is 5.28. The number of ether oxygens (including phenoxy) is 1. The van der Waals surface area contributed by atoms with E-state index in [4.69, 9.17) is 4.74 Å². The summed E-state index contributed by atoms with van der Waals surface area (Å²) in [6.45, 7) is 0.367. The Labute approximate surface area is 167 Å². The van der Waals surface area contributed by atoms with Crippen LogP contribution in [0, 0.1) is 15.9 Å². The lowest BCUT2D eigenvalue weighted by molar-refractivity contribution is -0.385. The Morgan fingerprint density at radius 2 is 1.86 bits per heavy atom. The van der Waals surface area contributed by atoms with E-state index in [2.05, 4.69) is 0 Å². The molecule has 0 saturated carbocycles. The van der Waals surface area contributed by atoms with Crippen molar-refractivity contribution in [2.24, 2.45) is 0 Å². The van der Waals surface area contributed by atoms with Crippen LogP contribution in [-0.4, -0.2) is 47.7 Å². The van der Waals surface area contributed by atoms with Crippen molar-refractivity contribution in [3.63, 3.8) is 0 Å². The standard InChI is InChI=1S/C19H21FN2O6S/c20-17-12-15(22(24)25)6-7-19(17)28-16-8-10-21(11-9-16)29(26,27)13-18(23)14-4-2-1-3-5-14/h1-7,12,16,18,23H,8-11,13H2/t18-/m0/s1. The minimum atomic E-state index is -3.67. The van der Waals surface area contributed by atoms with Crippen LogP contribution in [0.25, 0.3) is 0 Å². The second-order valence-electron chi connectivity index (χ2n) is 6.79. The lowest BCUT2D eigenvalue weighted by Crippen LogP contribution is -2.43. The summed E-state index contributed by atoms with van der Waals surface area (Å²) in [5.74, 6) is -1.35. The van der Waals surface area contributed by atoms with Gasteiger partial charge in [0.2, 0.25) is 10.0 Å². The summed E-state index contributed by atoms with van der Waals surface area (Å²) in [7, 11) is -3.67. The molecule has 1 fully saturated rings. The van der Waals surface area contributed by atoms with Crippen molar-refractivity contribution in [2.45, 2.75) is 25.0 Å². The Kier molecular flexibility index (Phi) is 6.46. The van der Waals surface area contributed by atoms with Gasteiger partial charge in [-0.25, -0.2) is 17.1 Å². The fourth-order valence-electron chi connectivity index (χ4n) is 3.18. The van der Waals surface area contributed by atoms with Gasteiger partial charge in [0.15, 0.2) is 11.6 Å². The van der Waals surface area contributed by atoms with Crippen molar-refractivity contribution in [1.82, 2.24) is 4.31 Å². The molecule has 0 aromatic heterocycles. The van der Waals surface area contributed by atoms with Gasteiger partial charge >= 0.3 is 0 Å². The Morgan fingerprint density at radius 3 is 2.45 bits per heavy atom. The topological polar surface area (TPSA) is 110 Å². The molecule has 1 atom stereocenters. The van der Waals surface area contributed by atoms with Crippen LogP contribution in [0.3, 0.4) is 0 Å². The number of rotatable bonds is 7. The van der Waals surface area contributed by atoms with Crippen LogP contribution in [0.1, 0.15) is 24.5 Å². The molecule has 0 unspecified atom stereocenters. The molecular formula is C19H21FN2O6S. The van der Waals surface area contributed by atoms with Crippen LogP contribution in [0.5, 0.6) is 5.75 Å². The van der Waals surface area contributed by atoms with Crippen molar-refractivity contribution >= 4 is 15.7 Å². The van der Waals surface area contributed by atoms with Crippen molar-refractivity contribution < 1.29 is 27.6 Å². The number of nitro groups is 1. The van der Waals surface area contributed by atoms with Gasteiger partial charge in [-0.15, -0.1) is 0 Å². The Hall–Kier alpha value is -2.56. The van der Waals surface area contributed by atoms with Crippen LogP contribution in [-0.2, 0) is 10.0 Å². The summed E-state index contributed by atoms with van der Waals surface area (Å²) in [5.41, 5.74) is 0.163. The smallest absolute Gasteiger partial charge is 0.272 e. The normalized spacial score (nSPS) is 17.0. The molecule has 0 spiro atoms. The summed E-state index contributed by atoms with van der Waals surface area (Å²) >= 11 is 0. The molecule has 1 heterocycles. The van der Waals surface area contributed by atoms with Gasteiger partial charge in [0.1, 0.15) is 6.10 Å². The molecule has 0 aliphatic carbocycles. The van der Waals surface area contributed by atoms with Gasteiger partial charge in [0.25, 0.3) is 5.69 Å². The predicted octanol–water partition coefficient (Wildman–Crippen LogP) is 2.64. The highest BCUT2D eigenvalue weighted by atomic mass is 32.2. The highest BCUT2D eigenvalue weighted by Gasteiger charge is 2.31.